The van der Waals surface area contributed by atoms with E-state index in [2.05, 4.69) is 29.8 Å². The Hall–Kier alpha value is 0.440. The molecule has 0 amide bonds. The van der Waals surface area contributed by atoms with Crippen LogP contribution >= 0.6 is 15.9 Å². The summed E-state index contributed by atoms with van der Waals surface area (Å²) in [6, 6.07) is 0. The number of rotatable bonds is 1. The first-order chi connectivity index (χ1) is 6.55. The van der Waals surface area contributed by atoms with Gasteiger partial charge in [-0.15, -0.1) is 0 Å². The summed E-state index contributed by atoms with van der Waals surface area (Å²) < 4.78 is 6.19. The molecule has 1 heterocycles. The monoisotopic (exact) mass is 260 g/mol. The zero-order valence-electron chi connectivity index (χ0n) is 9.31. The van der Waals surface area contributed by atoms with Crippen molar-refractivity contribution in [1.82, 2.24) is 0 Å². The van der Waals surface area contributed by atoms with Crippen molar-refractivity contribution in [1.29, 1.82) is 0 Å². The Balaban J connectivity index is 1.94. The van der Waals surface area contributed by atoms with Crippen LogP contribution in [0.15, 0.2) is 0 Å². The normalized spacial score (nSPS) is 34.9. The number of hydrogen-bond donors (Lipinski definition) is 0. The van der Waals surface area contributed by atoms with Gasteiger partial charge in [-0.1, -0.05) is 29.8 Å². The fourth-order valence-corrected chi connectivity index (χ4v) is 3.21. The van der Waals surface area contributed by atoms with Crippen molar-refractivity contribution in [3.8, 4) is 0 Å². The second kappa shape index (κ2) is 3.79. The first-order valence-electron chi connectivity index (χ1n) is 5.79. The fourth-order valence-electron chi connectivity index (χ4n) is 2.75. The zero-order chi connectivity index (χ0) is 10.2. The standard InChI is InChI=1S/C12H21BrO/c1-11(2)5-7-12(8-6-11)4-3-10(9-13)14-12/h10H,3-9H2,1-2H3. The molecule has 14 heavy (non-hydrogen) atoms. The Kier molecular flexibility index (Phi) is 2.96. The summed E-state index contributed by atoms with van der Waals surface area (Å²) in [5.41, 5.74) is 0.828. The maximum absolute atomic E-state index is 6.19. The van der Waals surface area contributed by atoms with Crippen molar-refractivity contribution in [2.45, 2.75) is 64.1 Å². The second-order valence-corrected chi connectivity index (χ2v) is 6.43. The molecular formula is C12H21BrO. The van der Waals surface area contributed by atoms with Crippen LogP contribution in [0, 0.1) is 5.41 Å². The minimum Gasteiger partial charge on any atom is -0.371 e. The molecule has 0 aromatic heterocycles. The van der Waals surface area contributed by atoms with Crippen molar-refractivity contribution in [3.05, 3.63) is 0 Å². The SMILES string of the molecule is CC1(C)CCC2(CCC(CBr)O2)CC1. The highest BCUT2D eigenvalue weighted by molar-refractivity contribution is 9.09. The molecule has 2 heteroatoms. The lowest BCUT2D eigenvalue weighted by Crippen LogP contribution is -2.37. The Labute approximate surface area is 95.7 Å². The molecule has 0 N–H and O–H groups in total. The van der Waals surface area contributed by atoms with E-state index < -0.39 is 0 Å². The lowest BCUT2D eigenvalue weighted by molar-refractivity contribution is -0.0734. The van der Waals surface area contributed by atoms with Crippen LogP contribution in [0.5, 0.6) is 0 Å². The molecule has 82 valence electrons. The molecule has 1 atom stereocenters. The lowest BCUT2D eigenvalue weighted by Gasteiger charge is -2.41. The van der Waals surface area contributed by atoms with Crippen LogP contribution < -0.4 is 0 Å². The third-order valence-electron chi connectivity index (χ3n) is 4.03. The molecule has 1 saturated heterocycles. The topological polar surface area (TPSA) is 9.23 Å². The van der Waals surface area contributed by atoms with Gasteiger partial charge in [0.2, 0.25) is 0 Å². The van der Waals surface area contributed by atoms with Gasteiger partial charge < -0.3 is 4.74 Å². The highest BCUT2D eigenvalue weighted by Gasteiger charge is 2.44. The number of hydrogen-bond acceptors (Lipinski definition) is 1. The minimum absolute atomic E-state index is 0.272. The van der Waals surface area contributed by atoms with E-state index in [1.807, 2.05) is 0 Å². The van der Waals surface area contributed by atoms with Crippen LogP contribution in [0.1, 0.15) is 52.4 Å². The molecule has 1 aliphatic carbocycles. The predicted molar refractivity (Wildman–Crippen MR) is 62.9 cm³/mol. The van der Waals surface area contributed by atoms with E-state index in [1.165, 1.54) is 38.5 Å². The average molecular weight is 261 g/mol. The molecule has 0 radical (unpaired) electrons. The molecule has 0 bridgehead atoms. The van der Waals surface area contributed by atoms with E-state index in [9.17, 15) is 0 Å². The summed E-state index contributed by atoms with van der Waals surface area (Å²) >= 11 is 3.52. The molecule has 0 aromatic carbocycles. The Bertz CT molecular complexity index is 202. The van der Waals surface area contributed by atoms with Crippen LogP contribution in [0.4, 0.5) is 0 Å². The first-order valence-corrected chi connectivity index (χ1v) is 6.91. The Morgan fingerprint density at radius 3 is 2.29 bits per heavy atom. The lowest BCUT2D eigenvalue weighted by atomic mass is 9.70. The Morgan fingerprint density at radius 1 is 1.14 bits per heavy atom. The summed E-state index contributed by atoms with van der Waals surface area (Å²) in [6.45, 7) is 4.77. The summed E-state index contributed by atoms with van der Waals surface area (Å²) in [7, 11) is 0. The van der Waals surface area contributed by atoms with Gasteiger partial charge in [0, 0.05) is 5.33 Å². The van der Waals surface area contributed by atoms with Crippen molar-refractivity contribution in [2.24, 2.45) is 5.41 Å². The maximum atomic E-state index is 6.19. The summed E-state index contributed by atoms with van der Waals surface area (Å²) in [6.07, 6.45) is 8.26. The van der Waals surface area contributed by atoms with Gasteiger partial charge in [-0.25, -0.2) is 0 Å². The van der Waals surface area contributed by atoms with Crippen LogP contribution in [0.3, 0.4) is 0 Å². The smallest absolute Gasteiger partial charge is 0.0688 e. The third kappa shape index (κ3) is 2.16. The van der Waals surface area contributed by atoms with Crippen LogP contribution in [0.2, 0.25) is 0 Å². The van der Waals surface area contributed by atoms with Gasteiger partial charge in [0.25, 0.3) is 0 Å². The Morgan fingerprint density at radius 2 is 1.79 bits per heavy atom. The van der Waals surface area contributed by atoms with E-state index in [1.54, 1.807) is 0 Å². The summed E-state index contributed by atoms with van der Waals surface area (Å²) in [4.78, 5) is 0. The second-order valence-electron chi connectivity index (χ2n) is 5.78. The summed E-state index contributed by atoms with van der Waals surface area (Å²) in [5.74, 6) is 0. The van der Waals surface area contributed by atoms with Crippen molar-refractivity contribution in [3.63, 3.8) is 0 Å². The van der Waals surface area contributed by atoms with Gasteiger partial charge in [0.15, 0.2) is 0 Å². The maximum Gasteiger partial charge on any atom is 0.0688 e. The van der Waals surface area contributed by atoms with Crippen LogP contribution in [0.25, 0.3) is 0 Å². The van der Waals surface area contributed by atoms with Crippen LogP contribution in [-0.4, -0.2) is 17.0 Å². The van der Waals surface area contributed by atoms with E-state index in [0.29, 0.717) is 11.5 Å². The molecule has 1 nitrogen and oxygen atoms in total. The van der Waals surface area contributed by atoms with Gasteiger partial charge in [-0.3, -0.25) is 0 Å². The van der Waals surface area contributed by atoms with E-state index in [4.69, 9.17) is 4.74 Å². The van der Waals surface area contributed by atoms with E-state index >= 15 is 0 Å². The average Bonchev–Trinajstić information content (AvgIpc) is 2.56. The first kappa shape index (κ1) is 10.9. The largest absolute Gasteiger partial charge is 0.371 e. The summed E-state index contributed by atoms with van der Waals surface area (Å²) in [5, 5.41) is 1.01. The molecule has 1 saturated carbocycles. The molecular weight excluding hydrogens is 240 g/mol. The highest BCUT2D eigenvalue weighted by Crippen LogP contribution is 2.47. The van der Waals surface area contributed by atoms with Gasteiger partial charge in [-0.2, -0.15) is 0 Å². The molecule has 2 aliphatic rings. The molecule has 0 aromatic rings. The van der Waals surface area contributed by atoms with Gasteiger partial charge >= 0.3 is 0 Å². The van der Waals surface area contributed by atoms with Crippen molar-refractivity contribution < 1.29 is 4.74 Å². The number of alkyl halides is 1. The van der Waals surface area contributed by atoms with Crippen molar-refractivity contribution >= 4 is 15.9 Å². The van der Waals surface area contributed by atoms with E-state index in [-0.39, 0.29) is 5.60 Å². The van der Waals surface area contributed by atoms with Gasteiger partial charge in [-0.05, 0) is 43.9 Å². The minimum atomic E-state index is 0.272. The number of halogens is 1. The van der Waals surface area contributed by atoms with Gasteiger partial charge in [0.05, 0.1) is 11.7 Å². The quantitative estimate of drug-likeness (QED) is 0.650. The molecule has 1 spiro atoms. The fraction of sp³-hybridized carbons (Fsp3) is 1.00. The molecule has 2 rings (SSSR count). The van der Waals surface area contributed by atoms with Crippen molar-refractivity contribution in [2.75, 3.05) is 5.33 Å². The third-order valence-corrected chi connectivity index (χ3v) is 4.75. The zero-order valence-corrected chi connectivity index (χ0v) is 10.9. The number of ether oxygens (including phenoxy) is 1. The van der Waals surface area contributed by atoms with E-state index in [0.717, 1.165) is 5.33 Å². The molecule has 1 unspecified atom stereocenters. The predicted octanol–water partition coefficient (Wildman–Crippen LogP) is 3.90. The van der Waals surface area contributed by atoms with Crippen LogP contribution in [-0.2, 0) is 4.74 Å². The highest BCUT2D eigenvalue weighted by atomic mass is 79.9. The molecule has 1 aliphatic heterocycles. The molecule has 2 fully saturated rings. The van der Waals surface area contributed by atoms with Gasteiger partial charge in [0.1, 0.15) is 0 Å².